The maximum absolute atomic E-state index is 12.2. The maximum Gasteiger partial charge on any atom is 0.326 e. The molecule has 5 nitrogen and oxygen atoms in total. The molecular weight excluding hydrogens is 282 g/mol. The second kappa shape index (κ2) is 6.81. The van der Waals surface area contributed by atoms with E-state index in [1.165, 1.54) is 0 Å². The molecule has 0 heterocycles. The van der Waals surface area contributed by atoms with Gasteiger partial charge in [-0.3, -0.25) is 4.79 Å². The Morgan fingerprint density at radius 3 is 2.73 bits per heavy atom. The molecule has 0 spiro atoms. The average Bonchev–Trinajstić information content (AvgIpc) is 3.26. The highest BCUT2D eigenvalue weighted by atomic mass is 16.5. The molecule has 1 saturated carbocycles. The number of nitrogens with one attached hydrogen (secondary N) is 1. The SMILES string of the molecule is COc1cccc(C2CC2C(=O)NC(CC(C)C)C(=O)O)c1. The lowest BCUT2D eigenvalue weighted by Crippen LogP contribution is -2.42. The second-order valence-corrected chi connectivity index (χ2v) is 6.25. The molecular formula is C17H23NO4. The van der Waals surface area contributed by atoms with Crippen molar-refractivity contribution in [3.05, 3.63) is 29.8 Å². The van der Waals surface area contributed by atoms with Gasteiger partial charge in [-0.25, -0.2) is 4.79 Å². The second-order valence-electron chi connectivity index (χ2n) is 6.25. The van der Waals surface area contributed by atoms with Crippen LogP contribution in [0.2, 0.25) is 0 Å². The van der Waals surface area contributed by atoms with Gasteiger partial charge in [0.05, 0.1) is 7.11 Å². The van der Waals surface area contributed by atoms with E-state index in [1.807, 2.05) is 38.1 Å². The summed E-state index contributed by atoms with van der Waals surface area (Å²) < 4.78 is 5.19. The van der Waals surface area contributed by atoms with E-state index in [0.29, 0.717) is 6.42 Å². The van der Waals surface area contributed by atoms with Crippen LogP contribution in [0.25, 0.3) is 0 Å². The molecule has 1 aromatic carbocycles. The summed E-state index contributed by atoms with van der Waals surface area (Å²) in [4.78, 5) is 23.5. The number of ether oxygens (including phenoxy) is 1. The van der Waals surface area contributed by atoms with Crippen LogP contribution >= 0.6 is 0 Å². The van der Waals surface area contributed by atoms with Gasteiger partial charge in [0.25, 0.3) is 0 Å². The van der Waals surface area contributed by atoms with Gasteiger partial charge in [-0.1, -0.05) is 26.0 Å². The van der Waals surface area contributed by atoms with Crippen molar-refractivity contribution in [3.8, 4) is 5.75 Å². The van der Waals surface area contributed by atoms with Gasteiger partial charge in [-0.05, 0) is 42.4 Å². The van der Waals surface area contributed by atoms with E-state index in [0.717, 1.165) is 17.7 Å². The van der Waals surface area contributed by atoms with Crippen molar-refractivity contribution in [2.24, 2.45) is 11.8 Å². The zero-order valence-corrected chi connectivity index (χ0v) is 13.2. The predicted octanol–water partition coefficient (Wildman–Crippen LogP) is 2.41. The van der Waals surface area contributed by atoms with Crippen molar-refractivity contribution >= 4 is 11.9 Å². The Kier molecular flexibility index (Phi) is 5.06. The summed E-state index contributed by atoms with van der Waals surface area (Å²) in [6.45, 7) is 3.89. The van der Waals surface area contributed by atoms with Gasteiger partial charge in [-0.15, -0.1) is 0 Å². The van der Waals surface area contributed by atoms with E-state index < -0.39 is 12.0 Å². The van der Waals surface area contributed by atoms with Crippen LogP contribution in [0.4, 0.5) is 0 Å². The molecule has 1 amide bonds. The van der Waals surface area contributed by atoms with Crippen molar-refractivity contribution in [3.63, 3.8) is 0 Å². The molecule has 3 unspecified atom stereocenters. The largest absolute Gasteiger partial charge is 0.497 e. The number of benzene rings is 1. The fraction of sp³-hybridized carbons (Fsp3) is 0.529. The van der Waals surface area contributed by atoms with Gasteiger partial charge in [0.2, 0.25) is 5.91 Å². The van der Waals surface area contributed by atoms with Crippen LogP contribution in [-0.2, 0) is 9.59 Å². The Bertz CT molecular complexity index is 555. The van der Waals surface area contributed by atoms with Crippen molar-refractivity contribution in [2.45, 2.75) is 38.6 Å². The quantitative estimate of drug-likeness (QED) is 0.811. The van der Waals surface area contributed by atoms with Crippen LogP contribution in [0.5, 0.6) is 5.75 Å². The number of rotatable bonds is 7. The Morgan fingerprint density at radius 2 is 2.14 bits per heavy atom. The topological polar surface area (TPSA) is 75.6 Å². The van der Waals surface area contributed by atoms with Gasteiger partial charge in [0.15, 0.2) is 0 Å². The Morgan fingerprint density at radius 1 is 1.41 bits per heavy atom. The lowest BCUT2D eigenvalue weighted by molar-refractivity contribution is -0.142. The fourth-order valence-corrected chi connectivity index (χ4v) is 2.70. The first-order valence-corrected chi connectivity index (χ1v) is 7.59. The molecule has 1 aromatic rings. The van der Waals surface area contributed by atoms with E-state index in [-0.39, 0.29) is 23.7 Å². The lowest BCUT2D eigenvalue weighted by atomic mass is 10.0. The van der Waals surface area contributed by atoms with Crippen LogP contribution < -0.4 is 10.1 Å². The number of aliphatic carboxylic acids is 1. The van der Waals surface area contributed by atoms with Crippen LogP contribution in [0.3, 0.4) is 0 Å². The van der Waals surface area contributed by atoms with Gasteiger partial charge in [0, 0.05) is 5.92 Å². The summed E-state index contributed by atoms with van der Waals surface area (Å²) >= 11 is 0. The van der Waals surface area contributed by atoms with Gasteiger partial charge >= 0.3 is 5.97 Å². The number of carbonyl (C=O) groups excluding carboxylic acids is 1. The molecule has 0 aromatic heterocycles. The summed E-state index contributed by atoms with van der Waals surface area (Å²) in [5.74, 6) is -0.132. The molecule has 0 radical (unpaired) electrons. The zero-order valence-electron chi connectivity index (χ0n) is 13.2. The third-order valence-corrected chi connectivity index (χ3v) is 3.97. The molecule has 2 N–H and O–H groups in total. The third kappa shape index (κ3) is 4.00. The van der Waals surface area contributed by atoms with Crippen molar-refractivity contribution in [2.75, 3.05) is 7.11 Å². The molecule has 0 saturated heterocycles. The molecule has 0 bridgehead atoms. The first-order chi connectivity index (χ1) is 10.4. The van der Waals surface area contributed by atoms with E-state index in [2.05, 4.69) is 5.32 Å². The van der Waals surface area contributed by atoms with Crippen molar-refractivity contribution in [1.29, 1.82) is 0 Å². The van der Waals surface area contributed by atoms with Gasteiger partial charge in [-0.2, -0.15) is 0 Å². The number of amides is 1. The van der Waals surface area contributed by atoms with Crippen LogP contribution in [-0.4, -0.2) is 30.1 Å². The average molecular weight is 305 g/mol. The third-order valence-electron chi connectivity index (χ3n) is 3.97. The fourth-order valence-electron chi connectivity index (χ4n) is 2.70. The number of carboxylic acids is 1. The van der Waals surface area contributed by atoms with Crippen LogP contribution in [0.15, 0.2) is 24.3 Å². The highest BCUT2D eigenvalue weighted by Crippen LogP contribution is 2.48. The molecule has 22 heavy (non-hydrogen) atoms. The van der Waals surface area contributed by atoms with E-state index in [1.54, 1.807) is 7.11 Å². The Balaban J connectivity index is 1.96. The summed E-state index contributed by atoms with van der Waals surface area (Å²) in [5.41, 5.74) is 1.07. The maximum atomic E-state index is 12.2. The number of methoxy groups -OCH3 is 1. The number of hydrogen-bond donors (Lipinski definition) is 2. The first kappa shape index (κ1) is 16.3. The molecule has 1 aliphatic rings. The zero-order chi connectivity index (χ0) is 16.3. The van der Waals surface area contributed by atoms with Crippen molar-refractivity contribution < 1.29 is 19.4 Å². The molecule has 1 aliphatic carbocycles. The van der Waals surface area contributed by atoms with E-state index in [9.17, 15) is 14.7 Å². The Labute approximate surface area is 130 Å². The molecule has 1 fully saturated rings. The Hall–Kier alpha value is -2.04. The summed E-state index contributed by atoms with van der Waals surface area (Å²) in [7, 11) is 1.61. The smallest absolute Gasteiger partial charge is 0.326 e. The van der Waals surface area contributed by atoms with Crippen LogP contribution in [0, 0.1) is 11.8 Å². The van der Waals surface area contributed by atoms with Crippen molar-refractivity contribution in [1.82, 2.24) is 5.32 Å². The highest BCUT2D eigenvalue weighted by molar-refractivity contribution is 5.87. The minimum atomic E-state index is -0.972. The molecule has 3 atom stereocenters. The minimum absolute atomic E-state index is 0.138. The summed E-state index contributed by atoms with van der Waals surface area (Å²) in [6.07, 6.45) is 1.20. The normalized spacial score (nSPS) is 21.3. The van der Waals surface area contributed by atoms with E-state index in [4.69, 9.17) is 4.74 Å². The summed E-state index contributed by atoms with van der Waals surface area (Å²) in [6, 6.07) is 6.87. The van der Waals surface area contributed by atoms with Crippen LogP contribution in [0.1, 0.15) is 38.2 Å². The van der Waals surface area contributed by atoms with Gasteiger partial charge in [0.1, 0.15) is 11.8 Å². The molecule has 5 heteroatoms. The molecule has 0 aliphatic heterocycles. The van der Waals surface area contributed by atoms with E-state index >= 15 is 0 Å². The first-order valence-electron chi connectivity index (χ1n) is 7.59. The minimum Gasteiger partial charge on any atom is -0.497 e. The highest BCUT2D eigenvalue weighted by Gasteiger charge is 2.44. The summed E-state index contributed by atoms with van der Waals surface area (Å²) in [5, 5.41) is 11.9. The molecule has 2 rings (SSSR count). The van der Waals surface area contributed by atoms with Gasteiger partial charge < -0.3 is 15.2 Å². The predicted molar refractivity (Wildman–Crippen MR) is 82.9 cm³/mol. The monoisotopic (exact) mass is 305 g/mol. The number of hydrogen-bond acceptors (Lipinski definition) is 3. The lowest BCUT2D eigenvalue weighted by Gasteiger charge is -2.16. The standard InChI is InChI=1S/C17H23NO4/c1-10(2)7-15(17(20)21)18-16(19)14-9-13(14)11-5-4-6-12(8-11)22-3/h4-6,8,10,13-15H,7,9H2,1-3H3,(H,18,19)(H,20,21). The number of carbonyl (C=O) groups is 2. The molecule has 120 valence electrons. The number of carboxylic acid groups (broad SMARTS) is 1.